The van der Waals surface area contributed by atoms with Crippen molar-refractivity contribution < 1.29 is 10.2 Å². The van der Waals surface area contributed by atoms with Gasteiger partial charge in [-0.1, -0.05) is 60.7 Å². The molecule has 4 heteroatoms. The largest absolute Gasteiger partial charge is 0.851 e. The Kier molecular flexibility index (Phi) is 7.44. The van der Waals surface area contributed by atoms with E-state index in [1.807, 2.05) is 12.1 Å². The van der Waals surface area contributed by atoms with E-state index in [0.717, 1.165) is 81.0 Å². The molecule has 0 radical (unpaired) electrons. The van der Waals surface area contributed by atoms with E-state index in [-0.39, 0.29) is 0 Å². The predicted octanol–water partition coefficient (Wildman–Crippen LogP) is 7.33. The molecular weight excluding hydrogens is 540 g/mol. The maximum atomic E-state index is 14.3. The first-order chi connectivity index (χ1) is 21.5. The van der Waals surface area contributed by atoms with Crippen LogP contribution in [-0.2, 0) is 0 Å². The molecule has 4 nitrogen and oxygen atoms in total. The van der Waals surface area contributed by atoms with Crippen molar-refractivity contribution in [2.24, 2.45) is 0 Å². The highest BCUT2D eigenvalue weighted by Gasteiger charge is 2.40. The van der Waals surface area contributed by atoms with Crippen molar-refractivity contribution in [2.75, 3.05) is 36.0 Å². The molecule has 1 aliphatic rings. The standard InChI is InChI=1S/C40H40N2O2/c1-5-41(6-2)35-19-17-29(31-21-25-13-9-11-15-27(25)23-33(31)35)37-39(43)38(40(37)44)30-18-20-36(42(7-3)8-4)34-24-28-16-12-10-14-26(28)22-32(30)34/h9-24,37-40H,5-8H2,1-4H3/q-2. The number of rotatable bonds is 8. The van der Waals surface area contributed by atoms with E-state index < -0.39 is 24.0 Å². The van der Waals surface area contributed by atoms with Gasteiger partial charge in [0.15, 0.2) is 0 Å². The first-order valence-corrected chi connectivity index (χ1v) is 16.2. The quantitative estimate of drug-likeness (QED) is 0.177. The van der Waals surface area contributed by atoms with Crippen LogP contribution in [0, 0.1) is 0 Å². The lowest BCUT2D eigenvalue weighted by Gasteiger charge is -2.62. The monoisotopic (exact) mass is 580 g/mol. The van der Waals surface area contributed by atoms with E-state index in [2.05, 4.69) is 122 Å². The summed E-state index contributed by atoms with van der Waals surface area (Å²) >= 11 is 0. The van der Waals surface area contributed by atoms with Crippen LogP contribution < -0.4 is 20.0 Å². The average molecular weight is 581 g/mol. The van der Waals surface area contributed by atoms with Crippen molar-refractivity contribution in [1.82, 2.24) is 0 Å². The lowest BCUT2D eigenvalue weighted by Crippen LogP contribution is -2.63. The summed E-state index contributed by atoms with van der Waals surface area (Å²) in [7, 11) is 0. The number of fused-ring (bicyclic) bond motifs is 4. The topological polar surface area (TPSA) is 52.6 Å². The van der Waals surface area contributed by atoms with E-state index in [1.54, 1.807) is 0 Å². The first-order valence-electron chi connectivity index (χ1n) is 16.2. The Morgan fingerprint density at radius 2 is 0.773 bits per heavy atom. The molecule has 1 fully saturated rings. The minimum atomic E-state index is -1.01. The second-order valence-electron chi connectivity index (χ2n) is 12.2. The van der Waals surface area contributed by atoms with Crippen LogP contribution in [0.15, 0.2) is 97.1 Å². The van der Waals surface area contributed by atoms with E-state index in [4.69, 9.17) is 0 Å². The molecule has 7 rings (SSSR count). The third-order valence-corrected chi connectivity index (χ3v) is 10.1. The Balaban J connectivity index is 1.36. The summed E-state index contributed by atoms with van der Waals surface area (Å²) in [5, 5.41) is 37.5. The van der Waals surface area contributed by atoms with Gasteiger partial charge in [0.1, 0.15) is 0 Å². The highest BCUT2D eigenvalue weighted by Crippen LogP contribution is 2.50. The predicted molar refractivity (Wildman–Crippen MR) is 183 cm³/mol. The normalized spacial score (nSPS) is 20.0. The maximum absolute atomic E-state index is 14.3. The summed E-state index contributed by atoms with van der Waals surface area (Å²) in [6, 6.07) is 34.0. The molecule has 0 unspecified atom stereocenters. The number of anilines is 2. The van der Waals surface area contributed by atoms with Crippen molar-refractivity contribution in [1.29, 1.82) is 0 Å². The number of nitrogens with zero attached hydrogens (tertiary/aromatic N) is 2. The van der Waals surface area contributed by atoms with Crippen molar-refractivity contribution in [2.45, 2.75) is 51.7 Å². The molecule has 6 aromatic carbocycles. The second kappa shape index (κ2) is 11.4. The summed E-state index contributed by atoms with van der Waals surface area (Å²) < 4.78 is 0. The Labute approximate surface area is 260 Å². The summed E-state index contributed by atoms with van der Waals surface area (Å²) in [4.78, 5) is 4.70. The minimum absolute atomic E-state index is 0.590. The van der Waals surface area contributed by atoms with Crippen molar-refractivity contribution in [3.8, 4) is 0 Å². The molecule has 0 N–H and O–H groups in total. The number of hydrogen-bond acceptors (Lipinski definition) is 4. The fraction of sp³-hybridized carbons (Fsp3) is 0.300. The van der Waals surface area contributed by atoms with Gasteiger partial charge >= 0.3 is 0 Å². The van der Waals surface area contributed by atoms with Crippen LogP contribution in [0.2, 0.25) is 0 Å². The molecule has 0 spiro atoms. The molecule has 224 valence electrons. The molecule has 44 heavy (non-hydrogen) atoms. The fourth-order valence-electron chi connectivity index (χ4n) is 7.72. The van der Waals surface area contributed by atoms with Gasteiger partial charge in [0.25, 0.3) is 0 Å². The smallest absolute Gasteiger partial charge is 0.0446 e. The molecule has 0 atom stereocenters. The van der Waals surface area contributed by atoms with E-state index in [0.29, 0.717) is 0 Å². The lowest BCUT2D eigenvalue weighted by molar-refractivity contribution is -0.535. The van der Waals surface area contributed by atoms with Crippen molar-refractivity contribution in [3.63, 3.8) is 0 Å². The molecule has 0 aromatic heterocycles. The zero-order chi connectivity index (χ0) is 30.5. The number of benzene rings is 6. The molecule has 0 aliphatic heterocycles. The Morgan fingerprint density at radius 1 is 0.455 bits per heavy atom. The van der Waals surface area contributed by atoms with Crippen molar-refractivity contribution >= 4 is 54.5 Å². The lowest BCUT2D eigenvalue weighted by atomic mass is 9.62. The summed E-state index contributed by atoms with van der Waals surface area (Å²) in [5.41, 5.74) is 4.11. The third kappa shape index (κ3) is 4.43. The highest BCUT2D eigenvalue weighted by molar-refractivity contribution is 6.07. The molecular formula is C40H40N2O2-2. The van der Waals surface area contributed by atoms with Crippen LogP contribution in [0.25, 0.3) is 43.1 Å². The molecule has 0 saturated heterocycles. The molecule has 6 aromatic rings. The Hall–Kier alpha value is -4.12. The van der Waals surface area contributed by atoms with Crippen LogP contribution in [0.5, 0.6) is 0 Å². The average Bonchev–Trinajstić information content (AvgIpc) is 3.06. The van der Waals surface area contributed by atoms with Gasteiger partial charge in [0.05, 0.1) is 0 Å². The zero-order valence-electron chi connectivity index (χ0n) is 26.1. The van der Waals surface area contributed by atoms with Gasteiger partial charge in [-0.15, -0.1) is 12.2 Å². The maximum Gasteiger partial charge on any atom is 0.0446 e. The Bertz CT molecular complexity index is 1840. The molecule has 0 amide bonds. The van der Waals surface area contributed by atoms with Gasteiger partial charge in [-0.2, -0.15) is 0 Å². The first kappa shape index (κ1) is 28.6. The fourth-order valence-corrected chi connectivity index (χ4v) is 7.72. The van der Waals surface area contributed by atoms with E-state index in [9.17, 15) is 10.2 Å². The van der Waals surface area contributed by atoms with Gasteiger partial charge in [0.2, 0.25) is 0 Å². The van der Waals surface area contributed by atoms with Crippen LogP contribution >= 0.6 is 0 Å². The van der Waals surface area contributed by atoms with E-state index >= 15 is 0 Å². The third-order valence-electron chi connectivity index (χ3n) is 10.1. The van der Waals surface area contributed by atoms with Gasteiger partial charge < -0.3 is 20.0 Å². The molecule has 1 saturated carbocycles. The highest BCUT2D eigenvalue weighted by atomic mass is 16.3. The number of hydrogen-bond donors (Lipinski definition) is 0. The van der Waals surface area contributed by atoms with Gasteiger partial charge in [-0.3, -0.25) is 0 Å². The van der Waals surface area contributed by atoms with E-state index in [1.165, 1.54) is 10.8 Å². The van der Waals surface area contributed by atoms with Crippen LogP contribution in [0.3, 0.4) is 0 Å². The Morgan fingerprint density at radius 3 is 1.09 bits per heavy atom. The summed E-state index contributed by atoms with van der Waals surface area (Å²) in [6.45, 7) is 12.2. The van der Waals surface area contributed by atoms with Crippen LogP contribution in [0.4, 0.5) is 11.4 Å². The van der Waals surface area contributed by atoms with Gasteiger partial charge in [0, 0.05) is 48.3 Å². The second-order valence-corrected chi connectivity index (χ2v) is 12.2. The summed E-state index contributed by atoms with van der Waals surface area (Å²) in [5.74, 6) is -1.18. The van der Waals surface area contributed by atoms with Crippen molar-refractivity contribution in [3.05, 3.63) is 108 Å². The molecule has 0 heterocycles. The molecule has 1 aliphatic carbocycles. The SMILES string of the molecule is CCN(CC)c1ccc(C2C([O-])C(c3ccc(N(CC)CC)c4cc5ccccc5cc34)C2[O-])c2cc3ccccc3cc12. The molecule has 0 bridgehead atoms. The minimum Gasteiger partial charge on any atom is -0.851 e. The van der Waals surface area contributed by atoms with Gasteiger partial charge in [-0.05, 0) is 119 Å². The van der Waals surface area contributed by atoms with Crippen LogP contribution in [0.1, 0.15) is 50.7 Å². The van der Waals surface area contributed by atoms with Crippen LogP contribution in [-0.4, -0.2) is 38.4 Å². The summed E-state index contributed by atoms with van der Waals surface area (Å²) in [6.07, 6.45) is -2.03. The van der Waals surface area contributed by atoms with Gasteiger partial charge in [-0.25, -0.2) is 0 Å². The zero-order valence-corrected chi connectivity index (χ0v) is 26.1.